The molecule has 1 aromatic heterocycles. The Balaban J connectivity index is 0.00000341. The van der Waals surface area contributed by atoms with Crippen LogP contribution in [0.15, 0.2) is 47.6 Å². The number of aliphatic imine (C=N–C) groups is 1. The summed E-state index contributed by atoms with van der Waals surface area (Å²) in [6.07, 6.45) is 4.33. The Hall–Kier alpha value is -2.07. The van der Waals surface area contributed by atoms with Crippen LogP contribution in [0.25, 0.3) is 0 Å². The second kappa shape index (κ2) is 12.7. The van der Waals surface area contributed by atoms with Crippen molar-refractivity contribution in [1.82, 2.24) is 20.5 Å². The van der Waals surface area contributed by atoms with Crippen molar-refractivity contribution in [2.75, 3.05) is 52.8 Å². The second-order valence-electron chi connectivity index (χ2n) is 7.72. The predicted molar refractivity (Wildman–Crippen MR) is 139 cm³/mol. The van der Waals surface area contributed by atoms with Crippen LogP contribution in [0.1, 0.15) is 30.0 Å². The summed E-state index contributed by atoms with van der Waals surface area (Å²) in [5.74, 6) is 2.67. The Labute approximate surface area is 203 Å². The molecular formula is C23H35IN6O. The zero-order chi connectivity index (χ0) is 21.3. The van der Waals surface area contributed by atoms with Gasteiger partial charge < -0.3 is 20.3 Å². The van der Waals surface area contributed by atoms with Crippen molar-refractivity contribution in [2.45, 2.75) is 25.4 Å². The molecule has 0 saturated carbocycles. The Bertz CT molecular complexity index is 838. The molecule has 1 atom stereocenters. The summed E-state index contributed by atoms with van der Waals surface area (Å²) >= 11 is 0. The topological polar surface area (TPSA) is 65.0 Å². The van der Waals surface area contributed by atoms with Crippen LogP contribution in [0.5, 0.6) is 5.75 Å². The third-order valence-electron chi connectivity index (χ3n) is 5.49. The number of ether oxygens (including phenoxy) is 1. The summed E-state index contributed by atoms with van der Waals surface area (Å²) in [5, 5.41) is 6.94. The number of para-hydroxylation sites is 1. The maximum absolute atomic E-state index is 5.64. The van der Waals surface area contributed by atoms with E-state index in [4.69, 9.17) is 4.74 Å². The molecule has 2 N–H and O–H groups in total. The van der Waals surface area contributed by atoms with E-state index in [1.807, 2.05) is 43.4 Å². The van der Waals surface area contributed by atoms with Gasteiger partial charge in [-0.3, -0.25) is 9.89 Å². The van der Waals surface area contributed by atoms with Crippen molar-refractivity contribution < 1.29 is 4.74 Å². The Morgan fingerprint density at radius 2 is 1.94 bits per heavy atom. The third-order valence-corrected chi connectivity index (χ3v) is 5.49. The maximum Gasteiger partial charge on any atom is 0.191 e. The lowest BCUT2D eigenvalue weighted by molar-refractivity contribution is 0.239. The van der Waals surface area contributed by atoms with Crippen LogP contribution in [0.2, 0.25) is 0 Å². The minimum atomic E-state index is 0. The van der Waals surface area contributed by atoms with Gasteiger partial charge in [0.1, 0.15) is 11.6 Å². The summed E-state index contributed by atoms with van der Waals surface area (Å²) in [4.78, 5) is 13.3. The molecule has 170 valence electrons. The van der Waals surface area contributed by atoms with Gasteiger partial charge in [0.2, 0.25) is 0 Å². The molecule has 0 aliphatic carbocycles. The highest BCUT2D eigenvalue weighted by molar-refractivity contribution is 14.0. The van der Waals surface area contributed by atoms with Gasteiger partial charge in [-0.15, -0.1) is 24.0 Å². The molecule has 7 nitrogen and oxygen atoms in total. The number of hydrogen-bond donors (Lipinski definition) is 2. The largest absolute Gasteiger partial charge is 0.496 e. The van der Waals surface area contributed by atoms with E-state index >= 15 is 0 Å². The minimum Gasteiger partial charge on any atom is -0.496 e. The van der Waals surface area contributed by atoms with Crippen LogP contribution >= 0.6 is 24.0 Å². The van der Waals surface area contributed by atoms with Crippen LogP contribution in [0.3, 0.4) is 0 Å². The summed E-state index contributed by atoms with van der Waals surface area (Å²) < 4.78 is 5.64. The fourth-order valence-electron chi connectivity index (χ4n) is 3.85. The fourth-order valence-corrected chi connectivity index (χ4v) is 3.85. The van der Waals surface area contributed by atoms with Crippen molar-refractivity contribution >= 4 is 35.8 Å². The maximum atomic E-state index is 5.64. The number of halogens is 1. The summed E-state index contributed by atoms with van der Waals surface area (Å²) in [7, 11) is 7.54. The standard InChI is InChI=1S/C23H34N6O.HI/c1-24-23(26-16-18-11-12-25-22(15-18)28(2)3)27-17-20(29-13-7-8-14-29)19-9-5-6-10-21(19)30-4;/h5-6,9-12,15,20H,7-8,13-14,16-17H2,1-4H3,(H2,24,26,27);1H. The normalized spacial score (nSPS) is 15.2. The van der Waals surface area contributed by atoms with E-state index in [-0.39, 0.29) is 30.0 Å². The molecule has 31 heavy (non-hydrogen) atoms. The Kier molecular flexibility index (Phi) is 10.3. The van der Waals surface area contributed by atoms with Gasteiger partial charge in [-0.2, -0.15) is 0 Å². The summed E-state index contributed by atoms with van der Waals surface area (Å²) in [5.41, 5.74) is 2.38. The van der Waals surface area contributed by atoms with Crippen molar-refractivity contribution in [3.8, 4) is 5.75 Å². The van der Waals surface area contributed by atoms with Gasteiger partial charge in [-0.25, -0.2) is 4.98 Å². The zero-order valence-corrected chi connectivity index (χ0v) is 21.3. The highest BCUT2D eigenvalue weighted by atomic mass is 127. The van der Waals surface area contributed by atoms with E-state index in [1.165, 1.54) is 18.4 Å². The molecule has 0 radical (unpaired) electrons. The number of benzene rings is 1. The Morgan fingerprint density at radius 3 is 2.61 bits per heavy atom. The van der Waals surface area contributed by atoms with Gasteiger partial charge in [0, 0.05) is 46.0 Å². The SMILES string of the molecule is CN=C(NCc1ccnc(N(C)C)c1)NCC(c1ccccc1OC)N1CCCC1.I. The van der Waals surface area contributed by atoms with Gasteiger partial charge in [0.05, 0.1) is 13.2 Å². The Morgan fingerprint density at radius 1 is 1.19 bits per heavy atom. The van der Waals surface area contributed by atoms with Crippen molar-refractivity contribution in [3.63, 3.8) is 0 Å². The number of anilines is 1. The van der Waals surface area contributed by atoms with Crippen LogP contribution in [-0.2, 0) is 6.54 Å². The van der Waals surface area contributed by atoms with E-state index in [0.717, 1.165) is 42.7 Å². The molecule has 3 rings (SSSR count). The lowest BCUT2D eigenvalue weighted by atomic mass is 10.0. The number of nitrogens with one attached hydrogen (secondary N) is 2. The molecule has 1 saturated heterocycles. The molecular weight excluding hydrogens is 503 g/mol. The second-order valence-corrected chi connectivity index (χ2v) is 7.72. The molecule has 0 amide bonds. The first-order chi connectivity index (χ1) is 14.6. The quantitative estimate of drug-likeness (QED) is 0.306. The van der Waals surface area contributed by atoms with Gasteiger partial charge in [-0.05, 0) is 49.7 Å². The smallest absolute Gasteiger partial charge is 0.191 e. The van der Waals surface area contributed by atoms with Gasteiger partial charge in [0.15, 0.2) is 5.96 Å². The van der Waals surface area contributed by atoms with Crippen molar-refractivity contribution in [2.24, 2.45) is 4.99 Å². The van der Waals surface area contributed by atoms with Crippen LogP contribution in [0.4, 0.5) is 5.82 Å². The minimum absolute atomic E-state index is 0. The lowest BCUT2D eigenvalue weighted by Gasteiger charge is -2.30. The number of methoxy groups -OCH3 is 1. The first kappa shape index (κ1) is 25.2. The highest BCUT2D eigenvalue weighted by Gasteiger charge is 2.26. The van der Waals surface area contributed by atoms with Crippen LogP contribution < -0.4 is 20.3 Å². The fraction of sp³-hybridized carbons (Fsp3) is 0.478. The molecule has 1 aromatic carbocycles. The molecule has 0 bridgehead atoms. The van der Waals surface area contributed by atoms with Gasteiger partial charge in [0.25, 0.3) is 0 Å². The van der Waals surface area contributed by atoms with E-state index in [0.29, 0.717) is 6.54 Å². The molecule has 2 aromatic rings. The first-order valence-corrected chi connectivity index (χ1v) is 10.6. The molecule has 8 heteroatoms. The monoisotopic (exact) mass is 538 g/mol. The average Bonchev–Trinajstić information content (AvgIpc) is 3.31. The van der Waals surface area contributed by atoms with E-state index in [2.05, 4.69) is 43.7 Å². The predicted octanol–water partition coefficient (Wildman–Crippen LogP) is 3.28. The first-order valence-electron chi connectivity index (χ1n) is 10.6. The summed E-state index contributed by atoms with van der Waals surface area (Å²) in [6, 6.07) is 12.7. The van der Waals surface area contributed by atoms with E-state index in [1.54, 1.807) is 14.2 Å². The average molecular weight is 538 g/mol. The molecule has 1 fully saturated rings. The number of nitrogens with zero attached hydrogens (tertiary/aromatic N) is 4. The van der Waals surface area contributed by atoms with Gasteiger partial charge >= 0.3 is 0 Å². The molecule has 1 unspecified atom stereocenters. The van der Waals surface area contributed by atoms with Crippen LogP contribution in [-0.4, -0.2) is 63.7 Å². The molecule has 1 aliphatic rings. The number of pyridine rings is 1. The van der Waals surface area contributed by atoms with Crippen LogP contribution in [0, 0.1) is 0 Å². The molecule has 1 aliphatic heterocycles. The molecule has 2 heterocycles. The van der Waals surface area contributed by atoms with Crippen molar-refractivity contribution in [1.29, 1.82) is 0 Å². The zero-order valence-electron chi connectivity index (χ0n) is 19.0. The van der Waals surface area contributed by atoms with E-state index in [9.17, 15) is 0 Å². The molecule has 0 spiro atoms. The number of likely N-dealkylation sites (tertiary alicyclic amines) is 1. The highest BCUT2D eigenvalue weighted by Crippen LogP contribution is 2.31. The number of aromatic nitrogens is 1. The van der Waals surface area contributed by atoms with Crippen molar-refractivity contribution in [3.05, 3.63) is 53.7 Å². The van der Waals surface area contributed by atoms with Gasteiger partial charge in [-0.1, -0.05) is 18.2 Å². The lowest BCUT2D eigenvalue weighted by Crippen LogP contribution is -2.42. The number of rotatable bonds is 8. The number of guanidine groups is 1. The van der Waals surface area contributed by atoms with E-state index < -0.39 is 0 Å². The number of hydrogen-bond acceptors (Lipinski definition) is 5. The summed E-state index contributed by atoms with van der Waals surface area (Å²) in [6.45, 7) is 3.67. The third kappa shape index (κ3) is 6.96.